The van der Waals surface area contributed by atoms with Gasteiger partial charge in [0.2, 0.25) is 0 Å². The van der Waals surface area contributed by atoms with E-state index in [1.54, 1.807) is 0 Å². The molecule has 272 valence electrons. The average molecular weight is 655 g/mol. The molecule has 3 atom stereocenters. The first-order chi connectivity index (χ1) is 22.3. The fourth-order valence-corrected chi connectivity index (χ4v) is 5.53. The lowest BCUT2D eigenvalue weighted by molar-refractivity contribution is -0.152. The van der Waals surface area contributed by atoms with E-state index in [1.165, 1.54) is 83.5 Å². The molecule has 0 radical (unpaired) electrons. The van der Waals surface area contributed by atoms with Crippen molar-refractivity contribution in [1.29, 1.82) is 0 Å². The van der Waals surface area contributed by atoms with Crippen molar-refractivity contribution in [2.75, 3.05) is 13.2 Å². The lowest BCUT2D eigenvalue weighted by atomic mass is 10.0. The van der Waals surface area contributed by atoms with Crippen LogP contribution in [0.25, 0.3) is 0 Å². The van der Waals surface area contributed by atoms with Crippen LogP contribution in [0.3, 0.4) is 0 Å². The molecule has 0 unspecified atom stereocenters. The van der Waals surface area contributed by atoms with Crippen molar-refractivity contribution in [3.05, 3.63) is 12.2 Å². The maximum Gasteiger partial charge on any atom is 0.305 e. The van der Waals surface area contributed by atoms with Crippen molar-refractivity contribution in [3.8, 4) is 0 Å². The fraction of sp³-hybridized carbons (Fsp3) is 0.897. The topological polar surface area (TPSA) is 113 Å². The standard InChI is InChI=1S/C39H74O7/c1-4-5-6-7-18-23-28-36(41)37(42)29-24-19-16-21-26-31-39(44)46-33-35(40)32-45-38(43)30-25-20-15-13-11-9-8-10-12-14-17-22-27-34(2)3/h18,23,34-37,40-42H,4-17,19-22,24-33H2,1-3H3/b23-18-/t35-,36+,37+/m0/s1. The first-order valence-electron chi connectivity index (χ1n) is 19.3. The molecule has 0 bridgehead atoms. The monoisotopic (exact) mass is 655 g/mol. The molecule has 0 aliphatic rings. The number of aliphatic hydroxyl groups excluding tert-OH is 3. The van der Waals surface area contributed by atoms with Gasteiger partial charge in [-0.1, -0.05) is 148 Å². The third kappa shape index (κ3) is 32.5. The van der Waals surface area contributed by atoms with Crippen molar-refractivity contribution in [3.63, 3.8) is 0 Å². The smallest absolute Gasteiger partial charge is 0.305 e. The van der Waals surface area contributed by atoms with Crippen molar-refractivity contribution >= 4 is 11.9 Å². The molecule has 0 aliphatic carbocycles. The lowest BCUT2D eigenvalue weighted by Gasteiger charge is -2.16. The van der Waals surface area contributed by atoms with E-state index in [-0.39, 0.29) is 31.6 Å². The second-order valence-corrected chi connectivity index (χ2v) is 13.8. The van der Waals surface area contributed by atoms with Crippen molar-refractivity contribution in [2.45, 2.75) is 206 Å². The minimum absolute atomic E-state index is 0.153. The van der Waals surface area contributed by atoms with Gasteiger partial charge in [0, 0.05) is 12.8 Å². The number of ether oxygens (including phenoxy) is 2. The molecule has 7 nitrogen and oxygen atoms in total. The zero-order chi connectivity index (χ0) is 34.1. The molecule has 0 fully saturated rings. The molecule has 0 aromatic heterocycles. The second kappa shape index (κ2) is 33.5. The summed E-state index contributed by atoms with van der Waals surface area (Å²) in [6.45, 7) is 6.45. The molecule has 3 N–H and O–H groups in total. The summed E-state index contributed by atoms with van der Waals surface area (Å²) in [7, 11) is 0. The molecule has 0 aromatic carbocycles. The average Bonchev–Trinajstić information content (AvgIpc) is 3.03. The first kappa shape index (κ1) is 44.6. The minimum atomic E-state index is -1.01. The Labute approximate surface area is 283 Å². The van der Waals surface area contributed by atoms with E-state index in [0.29, 0.717) is 25.7 Å². The van der Waals surface area contributed by atoms with Crippen LogP contribution >= 0.6 is 0 Å². The molecule has 0 amide bonds. The summed E-state index contributed by atoms with van der Waals surface area (Å²) in [6, 6.07) is 0. The van der Waals surface area contributed by atoms with Gasteiger partial charge in [0.15, 0.2) is 0 Å². The quantitative estimate of drug-likeness (QED) is 0.0360. The zero-order valence-corrected chi connectivity index (χ0v) is 30.2. The molecular formula is C39H74O7. The molecule has 0 spiro atoms. The highest BCUT2D eigenvalue weighted by Crippen LogP contribution is 2.15. The largest absolute Gasteiger partial charge is 0.463 e. The summed E-state index contributed by atoms with van der Waals surface area (Å²) < 4.78 is 10.3. The number of rotatable bonds is 34. The lowest BCUT2D eigenvalue weighted by Crippen LogP contribution is -2.25. The van der Waals surface area contributed by atoms with E-state index >= 15 is 0 Å². The number of carbonyl (C=O) groups excluding carboxylic acids is 2. The number of carbonyl (C=O) groups is 2. The predicted molar refractivity (Wildman–Crippen MR) is 190 cm³/mol. The fourth-order valence-electron chi connectivity index (χ4n) is 5.53. The molecule has 0 aliphatic heterocycles. The highest BCUT2D eigenvalue weighted by Gasteiger charge is 2.14. The molecule has 0 heterocycles. The van der Waals surface area contributed by atoms with Gasteiger partial charge >= 0.3 is 11.9 Å². The third-order valence-electron chi connectivity index (χ3n) is 8.63. The summed E-state index contributed by atoms with van der Waals surface area (Å²) in [5, 5.41) is 30.2. The van der Waals surface area contributed by atoms with Crippen molar-refractivity contribution in [2.24, 2.45) is 5.92 Å². The van der Waals surface area contributed by atoms with Crippen LogP contribution < -0.4 is 0 Å². The molecule has 46 heavy (non-hydrogen) atoms. The van der Waals surface area contributed by atoms with E-state index in [4.69, 9.17) is 9.47 Å². The van der Waals surface area contributed by atoms with E-state index in [1.807, 2.05) is 6.08 Å². The molecular weight excluding hydrogens is 580 g/mol. The van der Waals surface area contributed by atoms with Crippen LogP contribution in [0.15, 0.2) is 12.2 Å². The van der Waals surface area contributed by atoms with Gasteiger partial charge in [0.25, 0.3) is 0 Å². The molecule has 7 heteroatoms. The van der Waals surface area contributed by atoms with E-state index in [2.05, 4.69) is 26.8 Å². The maximum atomic E-state index is 12.0. The Morgan fingerprint density at radius 1 is 0.543 bits per heavy atom. The van der Waals surface area contributed by atoms with Crippen molar-refractivity contribution < 1.29 is 34.4 Å². The summed E-state index contributed by atoms with van der Waals surface area (Å²) in [4.78, 5) is 23.9. The number of unbranched alkanes of at least 4 members (excludes halogenated alkanes) is 18. The zero-order valence-electron chi connectivity index (χ0n) is 30.2. The van der Waals surface area contributed by atoms with Gasteiger partial charge in [-0.25, -0.2) is 0 Å². The molecule has 0 saturated carbocycles. The van der Waals surface area contributed by atoms with Gasteiger partial charge in [-0.15, -0.1) is 0 Å². The van der Waals surface area contributed by atoms with Gasteiger partial charge in [-0.05, 0) is 44.4 Å². The van der Waals surface area contributed by atoms with E-state index in [0.717, 1.165) is 57.3 Å². The highest BCUT2D eigenvalue weighted by atomic mass is 16.6. The van der Waals surface area contributed by atoms with E-state index < -0.39 is 18.3 Å². The van der Waals surface area contributed by atoms with Crippen LogP contribution in [0.4, 0.5) is 0 Å². The van der Waals surface area contributed by atoms with Crippen LogP contribution in [-0.4, -0.2) is 58.8 Å². The van der Waals surface area contributed by atoms with Crippen molar-refractivity contribution in [1.82, 2.24) is 0 Å². The Hall–Kier alpha value is -1.44. The van der Waals surface area contributed by atoms with Gasteiger partial charge in [-0.2, -0.15) is 0 Å². The molecule has 0 aromatic rings. The van der Waals surface area contributed by atoms with Gasteiger partial charge < -0.3 is 24.8 Å². The number of aliphatic hydroxyl groups is 3. The van der Waals surface area contributed by atoms with Crippen LogP contribution in [0.5, 0.6) is 0 Å². The Bertz CT molecular complexity index is 708. The van der Waals surface area contributed by atoms with Crippen LogP contribution in [0, 0.1) is 5.92 Å². The minimum Gasteiger partial charge on any atom is -0.463 e. The number of allylic oxidation sites excluding steroid dienone is 1. The summed E-state index contributed by atoms with van der Waals surface area (Å²) in [6.07, 6.45) is 28.6. The number of hydrogen-bond donors (Lipinski definition) is 3. The Morgan fingerprint density at radius 2 is 0.978 bits per heavy atom. The molecule has 0 rings (SSSR count). The SMILES string of the molecule is CCCCC/C=C\C[C@@H](O)[C@H](O)CCCCCCCC(=O)OC[C@@H](O)COC(=O)CCCCCCCCCCCCCCC(C)C. The number of esters is 2. The van der Waals surface area contributed by atoms with Gasteiger partial charge in [-0.3, -0.25) is 9.59 Å². The van der Waals surface area contributed by atoms with Gasteiger partial charge in [0.1, 0.15) is 19.3 Å². The molecule has 0 saturated heterocycles. The number of hydrogen-bond acceptors (Lipinski definition) is 7. The Morgan fingerprint density at radius 3 is 1.43 bits per heavy atom. The first-order valence-corrected chi connectivity index (χ1v) is 19.3. The second-order valence-electron chi connectivity index (χ2n) is 13.8. The normalized spacial score (nSPS) is 13.7. The Balaban J connectivity index is 3.54. The summed E-state index contributed by atoms with van der Waals surface area (Å²) in [5.41, 5.74) is 0. The summed E-state index contributed by atoms with van der Waals surface area (Å²) >= 11 is 0. The van der Waals surface area contributed by atoms with Gasteiger partial charge in [0.05, 0.1) is 12.2 Å². The van der Waals surface area contributed by atoms with Crippen LogP contribution in [0.1, 0.15) is 188 Å². The Kier molecular flexibility index (Phi) is 32.4. The maximum absolute atomic E-state index is 12.0. The van der Waals surface area contributed by atoms with Crippen LogP contribution in [0.2, 0.25) is 0 Å². The van der Waals surface area contributed by atoms with Crippen LogP contribution in [-0.2, 0) is 19.1 Å². The van der Waals surface area contributed by atoms with E-state index in [9.17, 15) is 24.9 Å². The third-order valence-corrected chi connectivity index (χ3v) is 8.63. The predicted octanol–water partition coefficient (Wildman–Crippen LogP) is 9.53. The summed E-state index contributed by atoms with van der Waals surface area (Å²) in [5.74, 6) is 0.165. The highest BCUT2D eigenvalue weighted by molar-refractivity contribution is 5.69.